The molecule has 0 aliphatic carbocycles. The molecule has 1 saturated heterocycles. The largest absolute Gasteiger partial charge is 0.493 e. The van der Waals surface area contributed by atoms with E-state index >= 15 is 0 Å². The fourth-order valence-corrected chi connectivity index (χ4v) is 4.40. The zero-order chi connectivity index (χ0) is 22.0. The van der Waals surface area contributed by atoms with Gasteiger partial charge in [0.15, 0.2) is 11.5 Å². The van der Waals surface area contributed by atoms with E-state index in [1.54, 1.807) is 25.2 Å². The number of carbonyl (C=O) groups is 1. The average Bonchev–Trinajstić information content (AvgIpc) is 2.80. The zero-order valence-corrected chi connectivity index (χ0v) is 18.8. The van der Waals surface area contributed by atoms with Crippen molar-refractivity contribution in [3.05, 3.63) is 65.2 Å². The van der Waals surface area contributed by atoms with Gasteiger partial charge in [-0.15, -0.1) is 0 Å². The highest BCUT2D eigenvalue weighted by atomic mass is 16.5. The Morgan fingerprint density at radius 1 is 1.06 bits per heavy atom. The van der Waals surface area contributed by atoms with E-state index in [-0.39, 0.29) is 11.8 Å². The van der Waals surface area contributed by atoms with Gasteiger partial charge in [-0.2, -0.15) is 0 Å². The van der Waals surface area contributed by atoms with E-state index in [0.717, 1.165) is 55.1 Å². The Morgan fingerprint density at radius 3 is 2.52 bits per heavy atom. The zero-order valence-electron chi connectivity index (χ0n) is 18.8. The van der Waals surface area contributed by atoms with Crippen molar-refractivity contribution in [2.45, 2.75) is 20.3 Å². The minimum Gasteiger partial charge on any atom is -0.493 e. The first-order valence-electron chi connectivity index (χ1n) is 10.9. The van der Waals surface area contributed by atoms with Gasteiger partial charge in [0, 0.05) is 44.2 Å². The van der Waals surface area contributed by atoms with Gasteiger partial charge in [0.2, 0.25) is 0 Å². The van der Waals surface area contributed by atoms with Crippen LogP contribution in [0, 0.1) is 5.92 Å². The summed E-state index contributed by atoms with van der Waals surface area (Å²) in [6.45, 7) is 8.10. The molecule has 1 unspecified atom stereocenters. The number of ether oxygens (including phenoxy) is 2. The summed E-state index contributed by atoms with van der Waals surface area (Å²) < 4.78 is 10.8. The number of piperazine rings is 1. The fraction of sp³-hybridized carbons (Fsp3) is 0.400. The molecule has 3 aliphatic heterocycles. The number of amides is 1. The van der Waals surface area contributed by atoms with Crippen molar-refractivity contribution in [1.82, 2.24) is 15.1 Å². The lowest BCUT2D eigenvalue weighted by Gasteiger charge is -2.36. The van der Waals surface area contributed by atoms with Crippen LogP contribution in [0.3, 0.4) is 0 Å². The maximum absolute atomic E-state index is 13.4. The number of benzene rings is 1. The highest BCUT2D eigenvalue weighted by molar-refractivity contribution is 5.98. The molecule has 31 heavy (non-hydrogen) atoms. The Balaban J connectivity index is 1.69. The molecular weight excluding hydrogens is 390 g/mol. The summed E-state index contributed by atoms with van der Waals surface area (Å²) in [5.41, 5.74) is 5.27. The molecule has 0 radical (unpaired) electrons. The van der Waals surface area contributed by atoms with Crippen molar-refractivity contribution in [3.8, 4) is 11.5 Å². The Morgan fingerprint density at radius 2 is 1.81 bits per heavy atom. The number of fused-ring (bicyclic) bond motifs is 1. The van der Waals surface area contributed by atoms with Gasteiger partial charge in [-0.3, -0.25) is 9.69 Å². The van der Waals surface area contributed by atoms with Crippen molar-refractivity contribution in [3.63, 3.8) is 0 Å². The molecule has 3 heterocycles. The Hall–Kier alpha value is -2.99. The van der Waals surface area contributed by atoms with Crippen LogP contribution in [0.4, 0.5) is 0 Å². The minimum atomic E-state index is -0.0287. The summed E-state index contributed by atoms with van der Waals surface area (Å²) in [5.74, 6) is 1.51. The van der Waals surface area contributed by atoms with Crippen LogP contribution in [-0.4, -0.2) is 56.1 Å². The lowest BCUT2D eigenvalue weighted by molar-refractivity contribution is -0.122. The van der Waals surface area contributed by atoms with Gasteiger partial charge in [-0.25, -0.2) is 0 Å². The molecule has 0 aromatic heterocycles. The third-order valence-corrected chi connectivity index (χ3v) is 6.20. The molecule has 6 heteroatoms. The number of rotatable bonds is 4. The van der Waals surface area contributed by atoms with Crippen LogP contribution in [0.1, 0.15) is 25.8 Å². The molecule has 0 spiro atoms. The van der Waals surface area contributed by atoms with E-state index in [2.05, 4.69) is 36.2 Å². The van der Waals surface area contributed by atoms with Gasteiger partial charge >= 0.3 is 0 Å². The molecule has 1 fully saturated rings. The van der Waals surface area contributed by atoms with Crippen molar-refractivity contribution in [2.24, 2.45) is 5.92 Å². The Labute approximate surface area is 184 Å². The van der Waals surface area contributed by atoms with Crippen molar-refractivity contribution < 1.29 is 14.3 Å². The molecule has 1 amide bonds. The summed E-state index contributed by atoms with van der Waals surface area (Å²) in [4.78, 5) is 17.5. The van der Waals surface area contributed by atoms with Crippen LogP contribution in [0.5, 0.6) is 11.5 Å². The highest BCUT2D eigenvalue weighted by Crippen LogP contribution is 2.36. The predicted molar refractivity (Wildman–Crippen MR) is 123 cm³/mol. The minimum absolute atomic E-state index is 0.0287. The summed E-state index contributed by atoms with van der Waals surface area (Å²) in [6, 6.07) is 5.83. The maximum Gasteiger partial charge on any atom is 0.255 e. The van der Waals surface area contributed by atoms with Crippen LogP contribution in [-0.2, 0) is 4.79 Å². The quantitative estimate of drug-likeness (QED) is 0.806. The van der Waals surface area contributed by atoms with Crippen LogP contribution in [0.2, 0.25) is 0 Å². The van der Waals surface area contributed by atoms with Gasteiger partial charge in [0.1, 0.15) is 0 Å². The van der Waals surface area contributed by atoms with E-state index in [1.165, 1.54) is 5.57 Å². The first kappa shape index (κ1) is 21.2. The molecule has 1 aromatic carbocycles. The topological polar surface area (TPSA) is 54.0 Å². The van der Waals surface area contributed by atoms with E-state index in [4.69, 9.17) is 9.47 Å². The lowest BCUT2D eigenvalue weighted by Crippen LogP contribution is -2.44. The number of hydrogen-bond acceptors (Lipinski definition) is 5. The smallest absolute Gasteiger partial charge is 0.255 e. The normalized spacial score (nSPS) is 21.8. The number of nitrogens with zero attached hydrogens (tertiary/aromatic N) is 2. The number of nitrogens with one attached hydrogen (secondary N) is 1. The fourth-order valence-electron chi connectivity index (χ4n) is 4.40. The van der Waals surface area contributed by atoms with Gasteiger partial charge in [0.25, 0.3) is 5.91 Å². The van der Waals surface area contributed by atoms with Crippen molar-refractivity contribution in [2.75, 3.05) is 40.4 Å². The van der Waals surface area contributed by atoms with Crippen molar-refractivity contribution in [1.29, 1.82) is 0 Å². The molecule has 1 atom stereocenters. The maximum atomic E-state index is 13.4. The molecule has 0 saturated carbocycles. The van der Waals surface area contributed by atoms with Gasteiger partial charge in [0.05, 0.1) is 19.9 Å². The molecule has 0 bridgehead atoms. The van der Waals surface area contributed by atoms with Gasteiger partial charge < -0.3 is 19.7 Å². The van der Waals surface area contributed by atoms with Crippen LogP contribution < -0.4 is 14.8 Å². The molecule has 1 N–H and O–H groups in total. The summed E-state index contributed by atoms with van der Waals surface area (Å²) in [7, 11) is 3.25. The first-order chi connectivity index (χ1) is 15.0. The number of allylic oxidation sites excluding steroid dienone is 4. The van der Waals surface area contributed by atoms with E-state index in [9.17, 15) is 4.79 Å². The molecule has 1 aromatic rings. The third-order valence-electron chi connectivity index (χ3n) is 6.20. The number of hydrogen-bond donors (Lipinski definition) is 1. The van der Waals surface area contributed by atoms with E-state index in [1.807, 2.05) is 24.4 Å². The summed E-state index contributed by atoms with van der Waals surface area (Å²) in [6.07, 6.45) is 8.94. The van der Waals surface area contributed by atoms with E-state index in [0.29, 0.717) is 11.5 Å². The van der Waals surface area contributed by atoms with Gasteiger partial charge in [-0.05, 0) is 54.2 Å². The molecule has 6 nitrogen and oxygen atoms in total. The van der Waals surface area contributed by atoms with Crippen LogP contribution >= 0.6 is 0 Å². The SMILES string of the molecule is COc1ccc(C2=CC(=O)N3C=C(N4CCNCC4)C(C)=CC3=CCC2C)cc1OC. The second-order valence-corrected chi connectivity index (χ2v) is 8.22. The van der Waals surface area contributed by atoms with Crippen LogP contribution in [0.15, 0.2) is 59.6 Å². The highest BCUT2D eigenvalue weighted by Gasteiger charge is 2.26. The summed E-state index contributed by atoms with van der Waals surface area (Å²) in [5, 5.41) is 3.39. The monoisotopic (exact) mass is 421 g/mol. The Bertz CT molecular complexity index is 984. The predicted octanol–water partition coefficient (Wildman–Crippen LogP) is 3.55. The number of methoxy groups -OCH3 is 2. The average molecular weight is 422 g/mol. The standard InChI is InChI=1S/C25H31N3O3/c1-17-5-7-20-13-18(2)22(27-11-9-26-10-12-27)16-28(20)25(29)15-21(17)19-6-8-23(30-3)24(14-19)31-4/h6-8,13-17,26H,5,9-12H2,1-4H3. The molecule has 164 valence electrons. The second-order valence-electron chi connectivity index (χ2n) is 8.22. The van der Waals surface area contributed by atoms with E-state index < -0.39 is 0 Å². The Kier molecular flexibility index (Phi) is 6.18. The first-order valence-corrected chi connectivity index (χ1v) is 10.9. The van der Waals surface area contributed by atoms with Gasteiger partial charge in [-0.1, -0.05) is 19.1 Å². The van der Waals surface area contributed by atoms with Crippen molar-refractivity contribution >= 4 is 11.5 Å². The number of carbonyl (C=O) groups excluding carboxylic acids is 1. The second kappa shape index (κ2) is 9.02. The van der Waals surface area contributed by atoms with Crippen LogP contribution in [0.25, 0.3) is 5.57 Å². The molecular formula is C25H31N3O3. The molecule has 3 aliphatic rings. The summed E-state index contributed by atoms with van der Waals surface area (Å²) >= 11 is 0. The lowest BCUT2D eigenvalue weighted by atomic mass is 9.88. The molecule has 4 rings (SSSR count). The third kappa shape index (κ3) is 4.26.